The van der Waals surface area contributed by atoms with Gasteiger partial charge in [0, 0.05) is 18.0 Å². The van der Waals surface area contributed by atoms with E-state index in [0.717, 1.165) is 11.4 Å². The lowest BCUT2D eigenvalue weighted by Gasteiger charge is -2.40. The first-order valence-corrected chi connectivity index (χ1v) is 9.09. The number of morpholine rings is 1. The van der Waals surface area contributed by atoms with Crippen LogP contribution in [0.5, 0.6) is 0 Å². The maximum absolute atomic E-state index is 12.9. The standard InChI is InChI=1S/C13H22N2O3S2/c1-4-14-9-11-12(5-8-19-11)20(16,17)15-6-7-18-10-13(15,2)3/h5,8,14H,4,6-7,9-10H2,1-3H3. The van der Waals surface area contributed by atoms with Crippen molar-refractivity contribution in [3.63, 3.8) is 0 Å². The molecule has 0 aliphatic carbocycles. The second-order valence-corrected chi connectivity index (χ2v) is 8.26. The number of nitrogens with one attached hydrogen (secondary N) is 1. The summed E-state index contributed by atoms with van der Waals surface area (Å²) < 4.78 is 32.8. The zero-order valence-corrected chi connectivity index (χ0v) is 13.8. The molecule has 0 unspecified atom stereocenters. The highest BCUT2D eigenvalue weighted by Crippen LogP contribution is 2.31. The van der Waals surface area contributed by atoms with E-state index in [1.54, 1.807) is 10.4 Å². The summed E-state index contributed by atoms with van der Waals surface area (Å²) in [6.45, 7) is 8.51. The molecule has 1 aromatic rings. The summed E-state index contributed by atoms with van der Waals surface area (Å²) in [4.78, 5) is 1.30. The van der Waals surface area contributed by atoms with Gasteiger partial charge in [-0.3, -0.25) is 0 Å². The molecule has 1 fully saturated rings. The fourth-order valence-electron chi connectivity index (χ4n) is 2.33. The summed E-state index contributed by atoms with van der Waals surface area (Å²) in [6.07, 6.45) is 0. The van der Waals surface area contributed by atoms with Crippen molar-refractivity contribution >= 4 is 21.4 Å². The molecular weight excluding hydrogens is 296 g/mol. The van der Waals surface area contributed by atoms with E-state index < -0.39 is 15.6 Å². The Kier molecular flexibility index (Phi) is 4.86. The van der Waals surface area contributed by atoms with Crippen LogP contribution in [0.25, 0.3) is 0 Å². The zero-order chi connectivity index (χ0) is 14.8. The van der Waals surface area contributed by atoms with E-state index in [9.17, 15) is 8.42 Å². The van der Waals surface area contributed by atoms with Crippen LogP contribution >= 0.6 is 11.3 Å². The van der Waals surface area contributed by atoms with Gasteiger partial charge in [-0.25, -0.2) is 8.42 Å². The van der Waals surface area contributed by atoms with Crippen LogP contribution in [-0.4, -0.2) is 44.6 Å². The fraction of sp³-hybridized carbons (Fsp3) is 0.692. The van der Waals surface area contributed by atoms with E-state index in [2.05, 4.69) is 5.32 Å². The van der Waals surface area contributed by atoms with Crippen molar-refractivity contribution in [2.45, 2.75) is 37.8 Å². The van der Waals surface area contributed by atoms with E-state index in [0.29, 0.717) is 31.2 Å². The quantitative estimate of drug-likeness (QED) is 0.897. The average molecular weight is 318 g/mol. The maximum atomic E-state index is 12.9. The van der Waals surface area contributed by atoms with Crippen LogP contribution in [0, 0.1) is 0 Å². The Balaban J connectivity index is 2.32. The summed E-state index contributed by atoms with van der Waals surface area (Å²) in [5.41, 5.74) is -0.505. The Morgan fingerprint density at radius 2 is 2.25 bits per heavy atom. The van der Waals surface area contributed by atoms with Crippen LogP contribution < -0.4 is 5.32 Å². The third-order valence-electron chi connectivity index (χ3n) is 3.38. The van der Waals surface area contributed by atoms with Crippen LogP contribution in [-0.2, 0) is 21.3 Å². The molecule has 0 saturated carbocycles. The minimum Gasteiger partial charge on any atom is -0.378 e. The summed E-state index contributed by atoms with van der Waals surface area (Å²) in [5.74, 6) is 0. The van der Waals surface area contributed by atoms with Crippen molar-refractivity contribution in [3.8, 4) is 0 Å². The molecule has 5 nitrogen and oxygen atoms in total. The van der Waals surface area contributed by atoms with Crippen molar-refractivity contribution in [1.29, 1.82) is 0 Å². The van der Waals surface area contributed by atoms with E-state index in [1.165, 1.54) is 11.3 Å². The molecular formula is C13H22N2O3S2. The van der Waals surface area contributed by atoms with Crippen LogP contribution in [0.15, 0.2) is 16.3 Å². The van der Waals surface area contributed by atoms with Gasteiger partial charge in [0.1, 0.15) is 0 Å². The zero-order valence-electron chi connectivity index (χ0n) is 12.2. The van der Waals surface area contributed by atoms with Gasteiger partial charge in [0.2, 0.25) is 10.0 Å². The largest absolute Gasteiger partial charge is 0.378 e. The van der Waals surface area contributed by atoms with E-state index in [4.69, 9.17) is 4.74 Å². The molecule has 1 aliphatic rings. The van der Waals surface area contributed by atoms with Crippen molar-refractivity contribution < 1.29 is 13.2 Å². The third-order valence-corrected chi connectivity index (χ3v) is 6.62. The molecule has 2 heterocycles. The van der Waals surface area contributed by atoms with Crippen LogP contribution in [0.4, 0.5) is 0 Å². The first-order chi connectivity index (χ1) is 9.39. The van der Waals surface area contributed by atoms with Crippen molar-refractivity contribution in [2.24, 2.45) is 0 Å². The molecule has 0 spiro atoms. The van der Waals surface area contributed by atoms with Crippen LogP contribution in [0.1, 0.15) is 25.6 Å². The lowest BCUT2D eigenvalue weighted by atomic mass is 10.1. The van der Waals surface area contributed by atoms with Gasteiger partial charge in [0.25, 0.3) is 0 Å². The smallest absolute Gasteiger partial charge is 0.244 e. The van der Waals surface area contributed by atoms with E-state index in [-0.39, 0.29) is 0 Å². The van der Waals surface area contributed by atoms with Gasteiger partial charge in [0.05, 0.1) is 23.6 Å². The van der Waals surface area contributed by atoms with Crippen LogP contribution in [0.2, 0.25) is 0 Å². The van der Waals surface area contributed by atoms with Crippen molar-refractivity contribution in [3.05, 3.63) is 16.3 Å². The van der Waals surface area contributed by atoms with Gasteiger partial charge in [-0.2, -0.15) is 4.31 Å². The molecule has 0 bridgehead atoms. The molecule has 0 aromatic carbocycles. The predicted octanol–water partition coefficient (Wildman–Crippen LogP) is 1.66. The van der Waals surface area contributed by atoms with Gasteiger partial charge >= 0.3 is 0 Å². The lowest BCUT2D eigenvalue weighted by molar-refractivity contribution is -0.00771. The molecule has 0 amide bonds. The summed E-state index contributed by atoms with van der Waals surface area (Å²) in [5, 5.41) is 5.03. The Bertz CT molecular complexity index is 552. The molecule has 20 heavy (non-hydrogen) atoms. The minimum atomic E-state index is -3.46. The number of hydrogen-bond acceptors (Lipinski definition) is 5. The highest BCUT2D eigenvalue weighted by atomic mass is 32.2. The third kappa shape index (κ3) is 3.07. The molecule has 114 valence electrons. The van der Waals surface area contributed by atoms with Crippen molar-refractivity contribution in [1.82, 2.24) is 9.62 Å². The first-order valence-electron chi connectivity index (χ1n) is 6.77. The first kappa shape index (κ1) is 15.9. The Morgan fingerprint density at radius 1 is 1.50 bits per heavy atom. The van der Waals surface area contributed by atoms with E-state index in [1.807, 2.05) is 26.2 Å². The van der Waals surface area contributed by atoms with Gasteiger partial charge in [-0.15, -0.1) is 11.3 Å². The highest BCUT2D eigenvalue weighted by Gasteiger charge is 2.40. The molecule has 1 aromatic heterocycles. The molecule has 7 heteroatoms. The van der Waals surface area contributed by atoms with Crippen molar-refractivity contribution in [2.75, 3.05) is 26.3 Å². The monoisotopic (exact) mass is 318 g/mol. The molecule has 0 radical (unpaired) electrons. The van der Waals surface area contributed by atoms with Crippen LogP contribution in [0.3, 0.4) is 0 Å². The Morgan fingerprint density at radius 3 is 2.90 bits per heavy atom. The molecule has 1 N–H and O–H groups in total. The summed E-state index contributed by atoms with van der Waals surface area (Å²) in [6, 6.07) is 1.71. The normalized spacial score (nSPS) is 20.1. The molecule has 0 atom stereocenters. The lowest BCUT2D eigenvalue weighted by Crippen LogP contribution is -2.55. The number of nitrogens with zero attached hydrogens (tertiary/aromatic N) is 1. The number of hydrogen-bond donors (Lipinski definition) is 1. The van der Waals surface area contributed by atoms with Gasteiger partial charge in [-0.1, -0.05) is 6.92 Å². The highest BCUT2D eigenvalue weighted by molar-refractivity contribution is 7.89. The van der Waals surface area contributed by atoms with Gasteiger partial charge < -0.3 is 10.1 Å². The number of ether oxygens (including phenoxy) is 1. The number of rotatable bonds is 5. The second kappa shape index (κ2) is 6.11. The summed E-state index contributed by atoms with van der Waals surface area (Å²) in [7, 11) is -3.46. The second-order valence-electron chi connectivity index (χ2n) is 5.43. The number of thiophene rings is 1. The van der Waals surface area contributed by atoms with Gasteiger partial charge in [0.15, 0.2) is 0 Å². The maximum Gasteiger partial charge on any atom is 0.244 e. The topological polar surface area (TPSA) is 58.6 Å². The minimum absolute atomic E-state index is 0.409. The molecule has 1 aliphatic heterocycles. The predicted molar refractivity (Wildman–Crippen MR) is 80.5 cm³/mol. The molecule has 2 rings (SSSR count). The fourth-order valence-corrected chi connectivity index (χ4v) is 5.47. The SMILES string of the molecule is CCNCc1sccc1S(=O)(=O)N1CCOCC1(C)C. The number of sulfonamides is 1. The Labute approximate surface area is 125 Å². The van der Waals surface area contributed by atoms with E-state index >= 15 is 0 Å². The molecule has 1 saturated heterocycles. The summed E-state index contributed by atoms with van der Waals surface area (Å²) >= 11 is 1.48. The van der Waals surface area contributed by atoms with Gasteiger partial charge in [-0.05, 0) is 31.8 Å². The average Bonchev–Trinajstić information content (AvgIpc) is 2.84. The Hall–Kier alpha value is -0.470.